The highest BCUT2D eigenvalue weighted by Gasteiger charge is 2.24. The van der Waals surface area contributed by atoms with Crippen LogP contribution in [-0.2, 0) is 0 Å². The number of hydrogen-bond donors (Lipinski definition) is 1. The summed E-state index contributed by atoms with van der Waals surface area (Å²) in [5.41, 5.74) is 9.71. The van der Waals surface area contributed by atoms with Crippen LogP contribution in [0.25, 0.3) is 0 Å². The van der Waals surface area contributed by atoms with Gasteiger partial charge >= 0.3 is 0 Å². The van der Waals surface area contributed by atoms with Crippen LogP contribution in [0.3, 0.4) is 0 Å². The molecule has 15 heavy (non-hydrogen) atoms. The smallest absolute Gasteiger partial charge is 0.0346 e. The van der Waals surface area contributed by atoms with Crippen LogP contribution in [0, 0.1) is 12.8 Å². The second kappa shape index (κ2) is 4.26. The second-order valence-corrected chi connectivity index (χ2v) is 4.93. The third-order valence-corrected chi connectivity index (χ3v) is 3.93. The Morgan fingerprint density at radius 1 is 1.20 bits per heavy atom. The van der Waals surface area contributed by atoms with E-state index in [1.807, 2.05) is 6.07 Å². The lowest BCUT2D eigenvalue weighted by Crippen LogP contribution is -2.16. The van der Waals surface area contributed by atoms with Gasteiger partial charge in [0.25, 0.3) is 0 Å². The highest BCUT2D eigenvalue weighted by molar-refractivity contribution is 5.51. The zero-order chi connectivity index (χ0) is 10.8. The first-order valence-corrected chi connectivity index (χ1v) is 6.05. The van der Waals surface area contributed by atoms with Crippen molar-refractivity contribution < 1.29 is 0 Å². The van der Waals surface area contributed by atoms with Gasteiger partial charge in [-0.05, 0) is 42.4 Å². The molecular formula is C14H21N. The van der Waals surface area contributed by atoms with Gasteiger partial charge in [-0.25, -0.2) is 0 Å². The fraction of sp³-hybridized carbons (Fsp3) is 0.571. The molecule has 2 N–H and O–H groups in total. The normalized spacial score (nSPS) is 26.5. The molecule has 0 aromatic heterocycles. The van der Waals surface area contributed by atoms with Gasteiger partial charge in [-0.15, -0.1) is 0 Å². The molecular weight excluding hydrogens is 182 g/mol. The molecule has 1 aromatic rings. The van der Waals surface area contributed by atoms with E-state index in [0.29, 0.717) is 0 Å². The topological polar surface area (TPSA) is 26.0 Å². The first kappa shape index (κ1) is 10.5. The molecule has 0 unspecified atom stereocenters. The van der Waals surface area contributed by atoms with Gasteiger partial charge < -0.3 is 5.73 Å². The summed E-state index contributed by atoms with van der Waals surface area (Å²) in [6, 6.07) is 6.36. The number of benzene rings is 1. The van der Waals surface area contributed by atoms with E-state index in [-0.39, 0.29) is 0 Å². The van der Waals surface area contributed by atoms with Gasteiger partial charge in [0, 0.05) is 5.69 Å². The van der Waals surface area contributed by atoms with Crippen molar-refractivity contribution in [1.29, 1.82) is 0 Å². The van der Waals surface area contributed by atoms with Gasteiger partial charge in [-0.1, -0.05) is 38.3 Å². The van der Waals surface area contributed by atoms with Crippen LogP contribution in [0.1, 0.15) is 49.7 Å². The molecule has 1 fully saturated rings. The summed E-state index contributed by atoms with van der Waals surface area (Å²) >= 11 is 0. The maximum atomic E-state index is 5.97. The van der Waals surface area contributed by atoms with Crippen molar-refractivity contribution in [3.8, 4) is 0 Å². The van der Waals surface area contributed by atoms with Gasteiger partial charge in [-0.3, -0.25) is 0 Å². The Bertz CT molecular complexity index is 343. The Morgan fingerprint density at radius 2 is 1.93 bits per heavy atom. The Kier molecular flexibility index (Phi) is 2.99. The molecule has 1 aliphatic rings. The van der Waals surface area contributed by atoms with Gasteiger partial charge in [0.2, 0.25) is 0 Å². The number of nitrogens with two attached hydrogens (primary N) is 1. The monoisotopic (exact) mass is 203 g/mol. The van der Waals surface area contributed by atoms with Crippen molar-refractivity contribution >= 4 is 5.69 Å². The quantitative estimate of drug-likeness (QED) is 0.689. The zero-order valence-corrected chi connectivity index (χ0v) is 9.79. The molecule has 0 spiro atoms. The highest BCUT2D eigenvalue weighted by atomic mass is 14.6. The molecule has 0 amide bonds. The molecule has 1 nitrogen and oxygen atoms in total. The van der Waals surface area contributed by atoms with E-state index >= 15 is 0 Å². The Hall–Kier alpha value is -0.980. The fourth-order valence-corrected chi connectivity index (χ4v) is 2.85. The summed E-state index contributed by atoms with van der Waals surface area (Å²) in [5, 5.41) is 0. The summed E-state index contributed by atoms with van der Waals surface area (Å²) < 4.78 is 0. The van der Waals surface area contributed by atoms with Gasteiger partial charge in [0.15, 0.2) is 0 Å². The van der Waals surface area contributed by atoms with E-state index in [0.717, 1.165) is 17.5 Å². The number of hydrogen-bond acceptors (Lipinski definition) is 1. The van der Waals surface area contributed by atoms with Crippen molar-refractivity contribution in [3.05, 3.63) is 29.3 Å². The SMILES string of the molecule is Cc1c(N)cccc1[C@@H]1CCCC[C@@H]1C. The number of anilines is 1. The van der Waals surface area contributed by atoms with Crippen molar-refractivity contribution in [1.82, 2.24) is 0 Å². The number of rotatable bonds is 1. The third kappa shape index (κ3) is 2.01. The second-order valence-electron chi connectivity index (χ2n) is 4.93. The summed E-state index contributed by atoms with van der Waals surface area (Å²) in [7, 11) is 0. The van der Waals surface area contributed by atoms with Crippen molar-refractivity contribution in [3.63, 3.8) is 0 Å². The zero-order valence-electron chi connectivity index (χ0n) is 9.79. The first-order chi connectivity index (χ1) is 7.20. The Morgan fingerprint density at radius 3 is 2.67 bits per heavy atom. The fourth-order valence-electron chi connectivity index (χ4n) is 2.85. The van der Waals surface area contributed by atoms with E-state index in [9.17, 15) is 0 Å². The van der Waals surface area contributed by atoms with Gasteiger partial charge in [0.05, 0.1) is 0 Å². The molecule has 2 rings (SSSR count). The molecule has 1 saturated carbocycles. The predicted molar refractivity (Wildman–Crippen MR) is 66.0 cm³/mol. The summed E-state index contributed by atoms with van der Waals surface area (Å²) in [6.45, 7) is 4.54. The lowest BCUT2D eigenvalue weighted by Gasteiger charge is -2.30. The third-order valence-electron chi connectivity index (χ3n) is 3.93. The minimum Gasteiger partial charge on any atom is -0.399 e. The van der Waals surface area contributed by atoms with Crippen molar-refractivity contribution in [2.75, 3.05) is 5.73 Å². The molecule has 0 aliphatic heterocycles. The van der Waals surface area contributed by atoms with E-state index in [1.54, 1.807) is 0 Å². The number of nitrogen functional groups attached to an aromatic ring is 1. The minimum atomic E-state index is 0.738. The largest absolute Gasteiger partial charge is 0.399 e. The highest BCUT2D eigenvalue weighted by Crippen LogP contribution is 2.39. The Balaban J connectivity index is 2.31. The van der Waals surface area contributed by atoms with Crippen LogP contribution in [0.4, 0.5) is 5.69 Å². The van der Waals surface area contributed by atoms with E-state index in [4.69, 9.17) is 5.73 Å². The molecule has 1 aliphatic carbocycles. The van der Waals surface area contributed by atoms with Crippen molar-refractivity contribution in [2.45, 2.75) is 45.4 Å². The average molecular weight is 203 g/mol. The molecule has 0 radical (unpaired) electrons. The molecule has 1 heteroatoms. The molecule has 0 heterocycles. The van der Waals surface area contributed by atoms with Crippen LogP contribution in [0.2, 0.25) is 0 Å². The predicted octanol–water partition coefficient (Wildman–Crippen LogP) is 3.87. The molecule has 0 bridgehead atoms. The first-order valence-electron chi connectivity index (χ1n) is 6.05. The van der Waals surface area contributed by atoms with Gasteiger partial charge in [-0.2, -0.15) is 0 Å². The lowest BCUT2D eigenvalue weighted by atomic mass is 9.75. The molecule has 82 valence electrons. The van der Waals surface area contributed by atoms with Crippen LogP contribution in [-0.4, -0.2) is 0 Å². The summed E-state index contributed by atoms with van der Waals surface area (Å²) in [5.74, 6) is 1.56. The van der Waals surface area contributed by atoms with Crippen molar-refractivity contribution in [2.24, 2.45) is 5.92 Å². The molecule has 1 aromatic carbocycles. The average Bonchev–Trinajstić information content (AvgIpc) is 2.23. The maximum Gasteiger partial charge on any atom is 0.0346 e. The standard InChI is InChI=1S/C14H21N/c1-10-6-3-4-7-12(10)13-8-5-9-14(15)11(13)2/h5,8-10,12H,3-4,6-7,15H2,1-2H3/t10-,12+/m0/s1. The van der Waals surface area contributed by atoms with Crippen LogP contribution in [0.5, 0.6) is 0 Å². The van der Waals surface area contributed by atoms with E-state index in [1.165, 1.54) is 36.8 Å². The van der Waals surface area contributed by atoms with Crippen LogP contribution >= 0.6 is 0 Å². The lowest BCUT2D eigenvalue weighted by molar-refractivity contribution is 0.330. The molecule has 0 saturated heterocycles. The van der Waals surface area contributed by atoms with Crippen LogP contribution in [0.15, 0.2) is 18.2 Å². The maximum absolute atomic E-state index is 5.97. The minimum absolute atomic E-state index is 0.738. The van der Waals surface area contributed by atoms with Crippen LogP contribution < -0.4 is 5.73 Å². The Labute approximate surface area is 92.7 Å². The molecule has 2 atom stereocenters. The summed E-state index contributed by atoms with van der Waals surface area (Å²) in [4.78, 5) is 0. The van der Waals surface area contributed by atoms with E-state index in [2.05, 4.69) is 26.0 Å². The van der Waals surface area contributed by atoms with Gasteiger partial charge in [0.1, 0.15) is 0 Å². The van der Waals surface area contributed by atoms with E-state index < -0.39 is 0 Å². The summed E-state index contributed by atoms with van der Waals surface area (Å²) in [6.07, 6.45) is 5.49.